The number of carbonyl (C=O) groups is 2. The third-order valence-electron chi connectivity index (χ3n) is 7.03. The largest absolute Gasteiger partial charge is 0.465 e. The molecule has 0 aromatic heterocycles. The first kappa shape index (κ1) is 25.9. The number of aliphatic imine (C=N–C) groups is 1. The van der Waals surface area contributed by atoms with E-state index in [0.717, 1.165) is 13.1 Å². The van der Waals surface area contributed by atoms with Crippen LogP contribution in [0, 0.1) is 5.92 Å². The van der Waals surface area contributed by atoms with Gasteiger partial charge in [0.25, 0.3) is 0 Å². The Kier molecular flexibility index (Phi) is 8.05. The lowest BCUT2D eigenvalue weighted by Crippen LogP contribution is -2.57. The molecule has 1 N–H and O–H groups in total. The fourth-order valence-corrected chi connectivity index (χ4v) is 5.43. The summed E-state index contributed by atoms with van der Waals surface area (Å²) < 4.78 is 5.22. The van der Waals surface area contributed by atoms with Gasteiger partial charge in [-0.05, 0) is 35.7 Å². The molecule has 1 fully saturated rings. The predicted molar refractivity (Wildman–Crippen MR) is 148 cm³/mol. The van der Waals surface area contributed by atoms with E-state index in [1.165, 1.54) is 11.1 Å². The van der Waals surface area contributed by atoms with Crippen molar-refractivity contribution < 1.29 is 14.3 Å². The molecular formula is C30H31ClN4O3. The Balaban J connectivity index is 1.38. The summed E-state index contributed by atoms with van der Waals surface area (Å²) in [5.41, 5.74) is 3.19. The van der Waals surface area contributed by atoms with E-state index in [9.17, 15) is 9.59 Å². The van der Waals surface area contributed by atoms with Gasteiger partial charge >= 0.3 is 5.97 Å². The molecule has 0 bridgehead atoms. The SMILES string of the molecule is CCOC(=O)C1C(=O)NC(N2CCN(C(c3ccccc3)c3ccccc3)CC2)=NC1c1cccc(Cl)c1. The molecule has 8 heteroatoms. The van der Waals surface area contributed by atoms with E-state index < -0.39 is 23.8 Å². The van der Waals surface area contributed by atoms with Gasteiger partial charge in [-0.15, -0.1) is 0 Å². The molecular weight excluding hydrogens is 500 g/mol. The molecule has 0 radical (unpaired) electrons. The smallest absolute Gasteiger partial charge is 0.321 e. The monoisotopic (exact) mass is 530 g/mol. The third kappa shape index (κ3) is 5.59. The number of benzene rings is 3. The van der Waals surface area contributed by atoms with Crippen LogP contribution in [0.25, 0.3) is 0 Å². The maximum Gasteiger partial charge on any atom is 0.321 e. The normalized spacial score (nSPS) is 20.1. The van der Waals surface area contributed by atoms with Gasteiger partial charge in [0, 0.05) is 31.2 Å². The molecule has 3 aromatic rings. The summed E-state index contributed by atoms with van der Waals surface area (Å²) in [5, 5.41) is 3.40. The van der Waals surface area contributed by atoms with Crippen LogP contribution in [0.4, 0.5) is 0 Å². The lowest BCUT2D eigenvalue weighted by atomic mass is 9.91. The van der Waals surface area contributed by atoms with E-state index in [1.807, 2.05) is 18.2 Å². The van der Waals surface area contributed by atoms with Gasteiger partial charge in [-0.25, -0.2) is 4.99 Å². The van der Waals surface area contributed by atoms with Crippen LogP contribution in [-0.2, 0) is 14.3 Å². The zero-order valence-electron chi connectivity index (χ0n) is 21.3. The van der Waals surface area contributed by atoms with Crippen molar-refractivity contribution in [1.29, 1.82) is 0 Å². The highest BCUT2D eigenvalue weighted by atomic mass is 35.5. The van der Waals surface area contributed by atoms with Crippen molar-refractivity contribution in [3.05, 3.63) is 107 Å². The van der Waals surface area contributed by atoms with E-state index >= 15 is 0 Å². The molecule has 5 rings (SSSR count). The summed E-state index contributed by atoms with van der Waals surface area (Å²) in [4.78, 5) is 35.4. The number of esters is 1. The van der Waals surface area contributed by atoms with Gasteiger partial charge in [-0.3, -0.25) is 19.8 Å². The van der Waals surface area contributed by atoms with E-state index in [-0.39, 0.29) is 12.6 Å². The highest BCUT2D eigenvalue weighted by molar-refractivity contribution is 6.30. The number of rotatable bonds is 6. The second-order valence-corrected chi connectivity index (χ2v) is 9.85. The summed E-state index contributed by atoms with van der Waals surface area (Å²) in [6.07, 6.45) is 0. The zero-order valence-corrected chi connectivity index (χ0v) is 22.1. The first-order valence-electron chi connectivity index (χ1n) is 12.9. The number of nitrogens with zero attached hydrogens (tertiary/aromatic N) is 3. The van der Waals surface area contributed by atoms with Crippen molar-refractivity contribution in [3.8, 4) is 0 Å². The van der Waals surface area contributed by atoms with E-state index in [0.29, 0.717) is 29.6 Å². The van der Waals surface area contributed by atoms with Crippen molar-refractivity contribution in [3.63, 3.8) is 0 Å². The molecule has 38 heavy (non-hydrogen) atoms. The lowest BCUT2D eigenvalue weighted by Gasteiger charge is -2.42. The molecule has 2 atom stereocenters. The minimum atomic E-state index is -1.07. The van der Waals surface area contributed by atoms with Crippen molar-refractivity contribution in [2.24, 2.45) is 10.9 Å². The maximum absolute atomic E-state index is 13.2. The average molecular weight is 531 g/mol. The van der Waals surface area contributed by atoms with E-state index in [4.69, 9.17) is 21.3 Å². The van der Waals surface area contributed by atoms with E-state index in [2.05, 4.69) is 63.6 Å². The number of ether oxygens (including phenoxy) is 1. The summed E-state index contributed by atoms with van der Waals surface area (Å²) in [7, 11) is 0. The number of guanidine groups is 1. The molecule has 2 aliphatic rings. The number of nitrogens with one attached hydrogen (secondary N) is 1. The van der Waals surface area contributed by atoms with E-state index in [1.54, 1.807) is 25.1 Å². The van der Waals surface area contributed by atoms with Crippen LogP contribution in [0.5, 0.6) is 0 Å². The standard InChI is InChI=1S/C30H31ClN4O3/c1-2-38-29(37)25-26(23-14-9-15-24(31)20-23)32-30(33-28(25)36)35-18-16-34(17-19-35)27(21-10-5-3-6-11-21)22-12-7-4-8-13-22/h3-15,20,25-27H,2,16-19H2,1H3,(H,32,33,36). The van der Waals surface area contributed by atoms with Gasteiger partial charge in [0.05, 0.1) is 12.6 Å². The average Bonchev–Trinajstić information content (AvgIpc) is 2.94. The van der Waals surface area contributed by atoms with Crippen LogP contribution >= 0.6 is 11.6 Å². The Hall–Kier alpha value is -3.68. The van der Waals surface area contributed by atoms with Crippen LogP contribution in [0.1, 0.15) is 35.7 Å². The van der Waals surface area contributed by atoms with Crippen LogP contribution < -0.4 is 5.32 Å². The van der Waals surface area contributed by atoms with Gasteiger partial charge < -0.3 is 9.64 Å². The van der Waals surface area contributed by atoms with Crippen LogP contribution in [-0.4, -0.2) is 60.4 Å². The lowest BCUT2D eigenvalue weighted by molar-refractivity contribution is -0.153. The van der Waals surface area contributed by atoms with Gasteiger partial charge in [-0.1, -0.05) is 84.4 Å². The summed E-state index contributed by atoms with van der Waals surface area (Å²) in [5.74, 6) is -1.58. The first-order chi connectivity index (χ1) is 18.5. The van der Waals surface area contributed by atoms with Crippen LogP contribution in [0.2, 0.25) is 5.02 Å². The third-order valence-corrected chi connectivity index (χ3v) is 7.27. The fraction of sp³-hybridized carbons (Fsp3) is 0.300. The Morgan fingerprint density at radius 2 is 1.61 bits per heavy atom. The Labute approximate surface area is 228 Å². The summed E-state index contributed by atoms with van der Waals surface area (Å²) in [6, 6.07) is 27.6. The van der Waals surface area contributed by atoms with Crippen molar-refractivity contribution in [2.75, 3.05) is 32.8 Å². The molecule has 0 spiro atoms. The van der Waals surface area contributed by atoms with Crippen molar-refractivity contribution in [2.45, 2.75) is 19.0 Å². The first-order valence-corrected chi connectivity index (χ1v) is 13.3. The molecule has 196 valence electrons. The molecule has 2 heterocycles. The number of hydrogen-bond acceptors (Lipinski definition) is 6. The van der Waals surface area contributed by atoms with Gasteiger partial charge in [0.1, 0.15) is 6.04 Å². The number of piperazine rings is 1. The predicted octanol–water partition coefficient (Wildman–Crippen LogP) is 4.45. The molecule has 2 aliphatic heterocycles. The fourth-order valence-electron chi connectivity index (χ4n) is 5.23. The zero-order chi connectivity index (χ0) is 26.5. The van der Waals surface area contributed by atoms with Crippen molar-refractivity contribution >= 4 is 29.4 Å². The van der Waals surface area contributed by atoms with Crippen molar-refractivity contribution in [1.82, 2.24) is 15.1 Å². The van der Waals surface area contributed by atoms with Gasteiger partial charge in [0.15, 0.2) is 5.92 Å². The summed E-state index contributed by atoms with van der Waals surface area (Å²) in [6.45, 7) is 4.84. The maximum atomic E-state index is 13.2. The summed E-state index contributed by atoms with van der Waals surface area (Å²) >= 11 is 6.24. The Bertz CT molecular complexity index is 1250. The molecule has 1 amide bonds. The Morgan fingerprint density at radius 3 is 2.18 bits per heavy atom. The van der Waals surface area contributed by atoms with Gasteiger partial charge in [0.2, 0.25) is 11.9 Å². The Morgan fingerprint density at radius 1 is 0.974 bits per heavy atom. The second-order valence-electron chi connectivity index (χ2n) is 9.42. The molecule has 0 saturated carbocycles. The topological polar surface area (TPSA) is 74.2 Å². The molecule has 1 saturated heterocycles. The molecule has 2 unspecified atom stereocenters. The molecule has 7 nitrogen and oxygen atoms in total. The highest BCUT2D eigenvalue weighted by Gasteiger charge is 2.42. The van der Waals surface area contributed by atoms with Crippen LogP contribution in [0.15, 0.2) is 89.9 Å². The number of hydrogen-bond donors (Lipinski definition) is 1. The number of amides is 1. The number of halogens is 1. The minimum Gasteiger partial charge on any atom is -0.465 e. The minimum absolute atomic E-state index is 0.134. The van der Waals surface area contributed by atoms with Crippen LogP contribution in [0.3, 0.4) is 0 Å². The quantitative estimate of drug-likeness (QED) is 0.376. The number of carbonyl (C=O) groups excluding carboxylic acids is 2. The molecule has 0 aliphatic carbocycles. The van der Waals surface area contributed by atoms with Gasteiger partial charge in [-0.2, -0.15) is 0 Å². The second kappa shape index (κ2) is 11.8. The molecule has 3 aromatic carbocycles. The highest BCUT2D eigenvalue weighted by Crippen LogP contribution is 2.33.